The Balaban J connectivity index is 1.70. The standard InChI is InChI=1S/C13H25N3O/c1-10(12-3-4-12)9-15-13(17)11(2)16-7-5-14-6-8-16/h10-12,14H,3-9H2,1-2H3,(H,15,17). The third kappa shape index (κ3) is 3.68. The highest BCUT2D eigenvalue weighted by molar-refractivity contribution is 5.81. The molecule has 1 aliphatic carbocycles. The summed E-state index contributed by atoms with van der Waals surface area (Å²) in [7, 11) is 0. The summed E-state index contributed by atoms with van der Waals surface area (Å²) in [6, 6.07) is 0.0171. The Bertz CT molecular complexity index is 259. The zero-order chi connectivity index (χ0) is 12.3. The number of nitrogens with one attached hydrogen (secondary N) is 2. The average Bonchev–Trinajstić information content (AvgIpc) is 3.20. The van der Waals surface area contributed by atoms with Gasteiger partial charge in [0.2, 0.25) is 5.91 Å². The SMILES string of the molecule is CC(CNC(=O)C(C)N1CCNCC1)C1CC1. The number of hydrogen-bond acceptors (Lipinski definition) is 3. The van der Waals surface area contributed by atoms with E-state index in [1.165, 1.54) is 12.8 Å². The maximum atomic E-state index is 12.0. The minimum atomic E-state index is 0.0171. The van der Waals surface area contributed by atoms with Gasteiger partial charge >= 0.3 is 0 Å². The topological polar surface area (TPSA) is 44.4 Å². The summed E-state index contributed by atoms with van der Waals surface area (Å²) >= 11 is 0. The van der Waals surface area contributed by atoms with Crippen LogP contribution in [0.25, 0.3) is 0 Å². The minimum absolute atomic E-state index is 0.0171. The van der Waals surface area contributed by atoms with Crippen molar-refractivity contribution in [3.8, 4) is 0 Å². The van der Waals surface area contributed by atoms with Crippen LogP contribution in [0.4, 0.5) is 0 Å². The summed E-state index contributed by atoms with van der Waals surface area (Å²) in [6.45, 7) is 9.06. The number of rotatable bonds is 5. The van der Waals surface area contributed by atoms with Gasteiger partial charge in [0.1, 0.15) is 0 Å². The predicted octanol–water partition coefficient (Wildman–Crippen LogP) is 0.442. The van der Waals surface area contributed by atoms with E-state index in [0.717, 1.165) is 38.6 Å². The summed E-state index contributed by atoms with van der Waals surface area (Å²) < 4.78 is 0. The number of nitrogens with zero attached hydrogens (tertiary/aromatic N) is 1. The van der Waals surface area contributed by atoms with Gasteiger partial charge in [0, 0.05) is 32.7 Å². The van der Waals surface area contributed by atoms with Gasteiger partial charge in [0.25, 0.3) is 0 Å². The molecule has 1 aliphatic heterocycles. The van der Waals surface area contributed by atoms with Gasteiger partial charge in [-0.05, 0) is 31.6 Å². The van der Waals surface area contributed by atoms with E-state index in [0.29, 0.717) is 5.92 Å². The second kappa shape index (κ2) is 5.83. The summed E-state index contributed by atoms with van der Waals surface area (Å²) in [5, 5.41) is 6.41. The van der Waals surface area contributed by atoms with Gasteiger partial charge in [0.05, 0.1) is 6.04 Å². The van der Waals surface area contributed by atoms with Crippen LogP contribution in [0.1, 0.15) is 26.7 Å². The molecule has 2 N–H and O–H groups in total. The second-order valence-corrected chi connectivity index (χ2v) is 5.52. The first kappa shape index (κ1) is 12.8. The normalized spacial score (nSPS) is 25.3. The molecule has 0 aromatic rings. The van der Waals surface area contributed by atoms with E-state index in [-0.39, 0.29) is 11.9 Å². The van der Waals surface area contributed by atoms with Gasteiger partial charge in [0.15, 0.2) is 0 Å². The largest absolute Gasteiger partial charge is 0.354 e. The molecule has 98 valence electrons. The van der Waals surface area contributed by atoms with Crippen molar-refractivity contribution in [2.45, 2.75) is 32.7 Å². The smallest absolute Gasteiger partial charge is 0.237 e. The van der Waals surface area contributed by atoms with Crippen molar-refractivity contribution in [1.82, 2.24) is 15.5 Å². The number of carbonyl (C=O) groups is 1. The van der Waals surface area contributed by atoms with Crippen molar-refractivity contribution in [3.63, 3.8) is 0 Å². The Morgan fingerprint density at radius 3 is 2.59 bits per heavy atom. The molecule has 2 fully saturated rings. The average molecular weight is 239 g/mol. The van der Waals surface area contributed by atoms with E-state index >= 15 is 0 Å². The van der Waals surface area contributed by atoms with Gasteiger partial charge in [-0.2, -0.15) is 0 Å². The monoisotopic (exact) mass is 239 g/mol. The van der Waals surface area contributed by atoms with E-state index < -0.39 is 0 Å². The first-order valence-corrected chi connectivity index (χ1v) is 6.91. The van der Waals surface area contributed by atoms with Crippen LogP contribution in [-0.2, 0) is 4.79 Å². The van der Waals surface area contributed by atoms with Crippen molar-refractivity contribution in [1.29, 1.82) is 0 Å². The van der Waals surface area contributed by atoms with Crippen molar-refractivity contribution in [3.05, 3.63) is 0 Å². The molecule has 0 bridgehead atoms. The molecule has 1 saturated carbocycles. The lowest BCUT2D eigenvalue weighted by atomic mass is 10.1. The number of amides is 1. The molecule has 1 saturated heterocycles. The van der Waals surface area contributed by atoms with Crippen LogP contribution in [0.2, 0.25) is 0 Å². The fraction of sp³-hybridized carbons (Fsp3) is 0.923. The Hall–Kier alpha value is -0.610. The molecule has 0 aromatic heterocycles. The maximum absolute atomic E-state index is 12.0. The van der Waals surface area contributed by atoms with Gasteiger partial charge < -0.3 is 10.6 Å². The maximum Gasteiger partial charge on any atom is 0.237 e. The van der Waals surface area contributed by atoms with Crippen LogP contribution in [-0.4, -0.2) is 49.6 Å². The van der Waals surface area contributed by atoms with E-state index in [9.17, 15) is 4.79 Å². The van der Waals surface area contributed by atoms with Crippen molar-refractivity contribution in [2.75, 3.05) is 32.7 Å². The fourth-order valence-corrected chi connectivity index (χ4v) is 2.48. The van der Waals surface area contributed by atoms with Crippen LogP contribution < -0.4 is 10.6 Å². The molecular weight excluding hydrogens is 214 g/mol. The molecule has 2 atom stereocenters. The minimum Gasteiger partial charge on any atom is -0.354 e. The molecule has 1 heterocycles. The molecule has 4 heteroatoms. The highest BCUT2D eigenvalue weighted by Gasteiger charge is 2.29. The van der Waals surface area contributed by atoms with Gasteiger partial charge in [-0.3, -0.25) is 9.69 Å². The van der Waals surface area contributed by atoms with Crippen LogP contribution in [0, 0.1) is 11.8 Å². The molecule has 0 radical (unpaired) electrons. The molecule has 4 nitrogen and oxygen atoms in total. The van der Waals surface area contributed by atoms with Crippen molar-refractivity contribution < 1.29 is 4.79 Å². The van der Waals surface area contributed by atoms with Crippen molar-refractivity contribution in [2.24, 2.45) is 11.8 Å². The van der Waals surface area contributed by atoms with Gasteiger partial charge in [-0.25, -0.2) is 0 Å². The fourth-order valence-electron chi connectivity index (χ4n) is 2.48. The van der Waals surface area contributed by atoms with E-state index in [2.05, 4.69) is 22.5 Å². The lowest BCUT2D eigenvalue weighted by Gasteiger charge is -2.32. The Morgan fingerprint density at radius 2 is 2.00 bits per heavy atom. The summed E-state index contributed by atoms with van der Waals surface area (Å²) in [6.07, 6.45) is 2.70. The van der Waals surface area contributed by atoms with Crippen LogP contribution in [0.15, 0.2) is 0 Å². The first-order valence-electron chi connectivity index (χ1n) is 6.91. The molecule has 2 rings (SSSR count). The lowest BCUT2D eigenvalue weighted by Crippen LogP contribution is -2.53. The highest BCUT2D eigenvalue weighted by atomic mass is 16.2. The number of carbonyl (C=O) groups excluding carboxylic acids is 1. The van der Waals surface area contributed by atoms with E-state index in [1.54, 1.807) is 0 Å². The lowest BCUT2D eigenvalue weighted by molar-refractivity contribution is -0.126. The molecular formula is C13H25N3O. The van der Waals surface area contributed by atoms with Gasteiger partial charge in [-0.1, -0.05) is 6.92 Å². The number of hydrogen-bond donors (Lipinski definition) is 2. The summed E-state index contributed by atoms with van der Waals surface area (Å²) in [5.41, 5.74) is 0. The molecule has 17 heavy (non-hydrogen) atoms. The zero-order valence-electron chi connectivity index (χ0n) is 11.0. The molecule has 2 aliphatic rings. The highest BCUT2D eigenvalue weighted by Crippen LogP contribution is 2.36. The molecule has 2 unspecified atom stereocenters. The third-order valence-electron chi connectivity index (χ3n) is 4.10. The van der Waals surface area contributed by atoms with Crippen molar-refractivity contribution >= 4 is 5.91 Å². The third-order valence-corrected chi connectivity index (χ3v) is 4.10. The first-order chi connectivity index (χ1) is 8.18. The summed E-state index contributed by atoms with van der Waals surface area (Å²) in [4.78, 5) is 14.3. The summed E-state index contributed by atoms with van der Waals surface area (Å²) in [5.74, 6) is 1.71. The second-order valence-electron chi connectivity index (χ2n) is 5.52. The molecule has 1 amide bonds. The molecule has 0 spiro atoms. The van der Waals surface area contributed by atoms with Crippen LogP contribution in [0.3, 0.4) is 0 Å². The van der Waals surface area contributed by atoms with Gasteiger partial charge in [-0.15, -0.1) is 0 Å². The molecule has 0 aromatic carbocycles. The Labute approximate surface area is 104 Å². The van der Waals surface area contributed by atoms with E-state index in [4.69, 9.17) is 0 Å². The number of piperazine rings is 1. The van der Waals surface area contributed by atoms with E-state index in [1.807, 2.05) is 6.92 Å². The Kier molecular flexibility index (Phi) is 4.40. The predicted molar refractivity (Wildman–Crippen MR) is 68.8 cm³/mol. The zero-order valence-corrected chi connectivity index (χ0v) is 11.0. The van der Waals surface area contributed by atoms with Crippen LogP contribution >= 0.6 is 0 Å². The van der Waals surface area contributed by atoms with Crippen LogP contribution in [0.5, 0.6) is 0 Å². The quantitative estimate of drug-likeness (QED) is 0.732. The Morgan fingerprint density at radius 1 is 1.35 bits per heavy atom.